The molecule has 1 aliphatic rings. The average molecular weight is 330 g/mol. The van der Waals surface area contributed by atoms with Gasteiger partial charge in [-0.25, -0.2) is 0 Å². The van der Waals surface area contributed by atoms with E-state index in [2.05, 4.69) is 5.32 Å². The molecule has 2 atom stereocenters. The molecule has 114 valence electrons. The van der Waals surface area contributed by atoms with Crippen LogP contribution in [-0.2, 0) is 4.79 Å². The summed E-state index contributed by atoms with van der Waals surface area (Å²) in [7, 11) is 0. The van der Waals surface area contributed by atoms with Gasteiger partial charge in [0.2, 0.25) is 0 Å². The van der Waals surface area contributed by atoms with Crippen LogP contribution in [0.3, 0.4) is 0 Å². The lowest BCUT2D eigenvalue weighted by molar-refractivity contribution is -0.151. The highest BCUT2D eigenvalue weighted by Gasteiger charge is 2.44. The highest BCUT2D eigenvalue weighted by molar-refractivity contribution is 6.35. The van der Waals surface area contributed by atoms with Gasteiger partial charge in [0, 0.05) is 11.1 Å². The van der Waals surface area contributed by atoms with E-state index in [0.717, 1.165) is 12.8 Å². The summed E-state index contributed by atoms with van der Waals surface area (Å²) in [5.74, 6) is -1.27. The number of aliphatic carboxylic acids is 1. The van der Waals surface area contributed by atoms with Gasteiger partial charge in [-0.15, -0.1) is 0 Å². The number of halogens is 2. The van der Waals surface area contributed by atoms with Crippen LogP contribution in [0.25, 0.3) is 0 Å². The van der Waals surface area contributed by atoms with Crippen molar-refractivity contribution in [2.45, 2.75) is 38.6 Å². The van der Waals surface area contributed by atoms with Gasteiger partial charge in [-0.1, -0.05) is 36.0 Å². The zero-order valence-electron chi connectivity index (χ0n) is 11.7. The van der Waals surface area contributed by atoms with Gasteiger partial charge >= 0.3 is 5.97 Å². The van der Waals surface area contributed by atoms with Gasteiger partial charge in [0.25, 0.3) is 5.91 Å². The number of benzene rings is 1. The predicted molar refractivity (Wildman–Crippen MR) is 81.9 cm³/mol. The topological polar surface area (TPSA) is 66.4 Å². The molecular formula is C15H17Cl2NO3. The monoisotopic (exact) mass is 329 g/mol. The first kappa shape index (κ1) is 16.1. The van der Waals surface area contributed by atoms with Crippen molar-refractivity contribution >= 4 is 35.1 Å². The number of amides is 1. The summed E-state index contributed by atoms with van der Waals surface area (Å²) in [6.45, 7) is 1.68. The summed E-state index contributed by atoms with van der Waals surface area (Å²) in [5.41, 5.74) is -0.679. The molecule has 0 radical (unpaired) electrons. The molecule has 6 heteroatoms. The second-order valence-corrected chi connectivity index (χ2v) is 6.46. The molecular weight excluding hydrogens is 313 g/mol. The molecule has 1 amide bonds. The molecule has 1 aliphatic carbocycles. The zero-order valence-corrected chi connectivity index (χ0v) is 13.2. The Balaban J connectivity index is 2.21. The van der Waals surface area contributed by atoms with Crippen molar-refractivity contribution in [1.29, 1.82) is 0 Å². The maximum atomic E-state index is 12.3. The van der Waals surface area contributed by atoms with E-state index in [1.54, 1.807) is 19.1 Å². The number of carboxylic acids is 1. The minimum Gasteiger partial charge on any atom is -0.481 e. The predicted octanol–water partition coefficient (Wildman–Crippen LogP) is 3.76. The summed E-state index contributed by atoms with van der Waals surface area (Å²) in [5, 5.41) is 13.0. The lowest BCUT2D eigenvalue weighted by atomic mass is 9.71. The van der Waals surface area contributed by atoms with Crippen LogP contribution in [0.2, 0.25) is 10.0 Å². The van der Waals surface area contributed by atoms with Crippen molar-refractivity contribution in [3.05, 3.63) is 33.8 Å². The zero-order chi connectivity index (χ0) is 15.6. The Morgan fingerprint density at radius 2 is 2.05 bits per heavy atom. The number of hydrogen-bond acceptors (Lipinski definition) is 2. The number of nitrogens with one attached hydrogen (secondary N) is 1. The first-order chi connectivity index (χ1) is 9.84. The number of rotatable bonds is 3. The Hall–Kier alpha value is -1.26. The first-order valence-corrected chi connectivity index (χ1v) is 7.59. The van der Waals surface area contributed by atoms with E-state index in [-0.39, 0.29) is 11.5 Å². The summed E-state index contributed by atoms with van der Waals surface area (Å²) in [6.07, 6.45) is 2.95. The molecule has 1 aromatic carbocycles. The minimum atomic E-state index is -0.945. The van der Waals surface area contributed by atoms with E-state index < -0.39 is 17.4 Å². The van der Waals surface area contributed by atoms with Crippen molar-refractivity contribution in [3.63, 3.8) is 0 Å². The molecule has 0 bridgehead atoms. The average Bonchev–Trinajstić information content (AvgIpc) is 2.43. The second-order valence-electron chi connectivity index (χ2n) is 5.62. The molecule has 2 N–H and O–H groups in total. The number of carbonyl (C=O) groups excluding carboxylic acids is 1. The van der Waals surface area contributed by atoms with Crippen molar-refractivity contribution in [2.75, 3.05) is 0 Å². The molecule has 2 unspecified atom stereocenters. The summed E-state index contributed by atoms with van der Waals surface area (Å²) in [4.78, 5) is 23.9. The Morgan fingerprint density at radius 3 is 2.71 bits per heavy atom. The Kier molecular flexibility index (Phi) is 4.79. The van der Waals surface area contributed by atoms with E-state index in [4.69, 9.17) is 23.2 Å². The van der Waals surface area contributed by atoms with Crippen LogP contribution < -0.4 is 5.32 Å². The van der Waals surface area contributed by atoms with Crippen LogP contribution in [0.1, 0.15) is 43.0 Å². The second kappa shape index (κ2) is 6.24. The molecule has 0 spiro atoms. The molecule has 0 saturated heterocycles. The van der Waals surface area contributed by atoms with E-state index in [1.165, 1.54) is 6.07 Å². The molecule has 21 heavy (non-hydrogen) atoms. The van der Waals surface area contributed by atoms with Crippen molar-refractivity contribution in [3.8, 4) is 0 Å². The molecule has 1 saturated carbocycles. The molecule has 1 fully saturated rings. The Morgan fingerprint density at radius 1 is 1.33 bits per heavy atom. The summed E-state index contributed by atoms with van der Waals surface area (Å²) < 4.78 is 0. The molecule has 4 nitrogen and oxygen atoms in total. The molecule has 0 heterocycles. The fourth-order valence-corrected chi connectivity index (χ4v) is 3.10. The van der Waals surface area contributed by atoms with Gasteiger partial charge < -0.3 is 10.4 Å². The highest BCUT2D eigenvalue weighted by atomic mass is 35.5. The van der Waals surface area contributed by atoms with Crippen LogP contribution in [0.5, 0.6) is 0 Å². The fourth-order valence-electron chi connectivity index (χ4n) is 2.73. The quantitative estimate of drug-likeness (QED) is 0.887. The summed E-state index contributed by atoms with van der Waals surface area (Å²) in [6, 6.07) is 4.23. The largest absolute Gasteiger partial charge is 0.481 e. The van der Waals surface area contributed by atoms with Crippen molar-refractivity contribution in [1.82, 2.24) is 5.32 Å². The Bertz CT molecular complexity index is 576. The van der Waals surface area contributed by atoms with Gasteiger partial charge in [0.15, 0.2) is 0 Å². The highest BCUT2D eigenvalue weighted by Crippen LogP contribution is 2.36. The molecule has 0 aromatic heterocycles. The maximum Gasteiger partial charge on any atom is 0.311 e. The van der Waals surface area contributed by atoms with Crippen LogP contribution in [0.15, 0.2) is 18.2 Å². The fraction of sp³-hybridized carbons (Fsp3) is 0.467. The molecule has 2 rings (SSSR count). The van der Waals surface area contributed by atoms with Gasteiger partial charge in [-0.3, -0.25) is 9.59 Å². The molecule has 0 aliphatic heterocycles. The smallest absolute Gasteiger partial charge is 0.311 e. The van der Waals surface area contributed by atoms with Gasteiger partial charge in [0.05, 0.1) is 16.0 Å². The van der Waals surface area contributed by atoms with E-state index in [1.807, 2.05) is 0 Å². The third kappa shape index (κ3) is 3.33. The van der Waals surface area contributed by atoms with Crippen LogP contribution in [0, 0.1) is 5.41 Å². The number of hydrogen-bond donors (Lipinski definition) is 2. The van der Waals surface area contributed by atoms with E-state index >= 15 is 0 Å². The van der Waals surface area contributed by atoms with Crippen LogP contribution >= 0.6 is 23.2 Å². The SMILES string of the molecule is CC1(C(=O)O)CCCCC1NC(=O)c1cc(Cl)ccc1Cl. The number of carbonyl (C=O) groups is 2. The maximum absolute atomic E-state index is 12.3. The van der Waals surface area contributed by atoms with Crippen LogP contribution in [-0.4, -0.2) is 23.0 Å². The third-order valence-corrected chi connectivity index (χ3v) is 4.74. The van der Waals surface area contributed by atoms with Gasteiger partial charge in [-0.05, 0) is 38.0 Å². The first-order valence-electron chi connectivity index (χ1n) is 6.84. The lowest BCUT2D eigenvalue weighted by Gasteiger charge is -2.38. The Labute approximate surface area is 133 Å². The minimum absolute atomic E-state index is 0.266. The standard InChI is InChI=1S/C15H17Cl2NO3/c1-15(14(20)21)7-3-2-4-12(15)18-13(19)10-8-9(16)5-6-11(10)17/h5-6,8,12H,2-4,7H2,1H3,(H,18,19)(H,20,21). The third-order valence-electron chi connectivity index (χ3n) is 4.17. The van der Waals surface area contributed by atoms with Gasteiger partial charge in [0.1, 0.15) is 0 Å². The lowest BCUT2D eigenvalue weighted by Crippen LogP contribution is -2.52. The van der Waals surface area contributed by atoms with E-state index in [9.17, 15) is 14.7 Å². The molecule has 1 aromatic rings. The van der Waals surface area contributed by atoms with Crippen LogP contribution in [0.4, 0.5) is 0 Å². The summed E-state index contributed by atoms with van der Waals surface area (Å²) >= 11 is 11.9. The number of carboxylic acid groups (broad SMARTS) is 1. The van der Waals surface area contributed by atoms with Crippen molar-refractivity contribution < 1.29 is 14.7 Å². The normalized spacial score (nSPS) is 25.4. The van der Waals surface area contributed by atoms with Gasteiger partial charge in [-0.2, -0.15) is 0 Å². The van der Waals surface area contributed by atoms with Crippen molar-refractivity contribution in [2.24, 2.45) is 5.41 Å². The van der Waals surface area contributed by atoms with E-state index in [0.29, 0.717) is 22.9 Å².